The third-order valence-corrected chi connectivity index (χ3v) is 4.21. The van der Waals surface area contributed by atoms with E-state index in [4.69, 9.17) is 19.9 Å². The number of methoxy groups -OCH3 is 2. The first-order valence-corrected chi connectivity index (χ1v) is 8.91. The lowest BCUT2D eigenvalue weighted by Gasteiger charge is -2.14. The number of allylic oxidation sites excluding steroid dienone is 1. The molecule has 0 aliphatic carbocycles. The van der Waals surface area contributed by atoms with Gasteiger partial charge in [-0.25, -0.2) is 0 Å². The van der Waals surface area contributed by atoms with Crippen LogP contribution in [0.25, 0.3) is 6.08 Å². The first kappa shape index (κ1) is 20.4. The Morgan fingerprint density at radius 2 is 1.81 bits per heavy atom. The number of rotatable bonds is 8. The fourth-order valence-corrected chi connectivity index (χ4v) is 2.74. The van der Waals surface area contributed by atoms with Crippen LogP contribution in [0.3, 0.4) is 0 Å². The Morgan fingerprint density at radius 3 is 2.41 bits per heavy atom. The number of nitrogens with two attached hydrogens (primary N) is 1. The van der Waals surface area contributed by atoms with Crippen LogP contribution in [0.4, 0.5) is 5.69 Å². The van der Waals surface area contributed by atoms with Crippen LogP contribution in [-0.4, -0.2) is 26.6 Å². The number of carbonyl (C=O) groups excluding carboxylic acids is 1. The number of Topliss-reactive ketones (excluding diaryl/α,β-unsaturated/α-hetero) is 1. The topological polar surface area (TPSA) is 70.8 Å². The molecule has 0 saturated carbocycles. The van der Waals surface area contributed by atoms with E-state index in [0.717, 1.165) is 5.56 Å². The monoisotopic (exact) mass is 369 g/mol. The second-order valence-corrected chi connectivity index (χ2v) is 6.38. The number of ether oxygens (including phenoxy) is 3. The molecule has 2 rings (SSSR count). The highest BCUT2D eigenvalue weighted by Gasteiger charge is 2.18. The van der Waals surface area contributed by atoms with Crippen molar-refractivity contribution in [3.8, 4) is 17.2 Å². The minimum Gasteiger partial charge on any atom is -0.497 e. The molecule has 0 aliphatic rings. The van der Waals surface area contributed by atoms with Crippen molar-refractivity contribution in [3.63, 3.8) is 0 Å². The van der Waals surface area contributed by atoms with Gasteiger partial charge in [0, 0.05) is 16.7 Å². The molecule has 27 heavy (non-hydrogen) atoms. The molecule has 5 heteroatoms. The number of ketones is 1. The van der Waals surface area contributed by atoms with E-state index in [1.807, 2.05) is 45.0 Å². The lowest BCUT2D eigenvalue weighted by molar-refractivity contribution is 0.102. The Hall–Kier alpha value is -2.95. The Kier molecular flexibility index (Phi) is 6.88. The van der Waals surface area contributed by atoms with Crippen LogP contribution in [0, 0.1) is 5.92 Å². The van der Waals surface area contributed by atoms with Crippen molar-refractivity contribution in [2.75, 3.05) is 26.6 Å². The zero-order valence-corrected chi connectivity index (χ0v) is 16.5. The summed E-state index contributed by atoms with van der Waals surface area (Å²) in [6, 6.07) is 10.6. The van der Waals surface area contributed by atoms with Crippen molar-refractivity contribution in [2.24, 2.45) is 5.92 Å². The van der Waals surface area contributed by atoms with E-state index in [1.54, 1.807) is 32.4 Å². The first-order chi connectivity index (χ1) is 12.9. The highest BCUT2D eigenvalue weighted by Crippen LogP contribution is 2.30. The Morgan fingerprint density at radius 1 is 1.07 bits per heavy atom. The van der Waals surface area contributed by atoms with Crippen molar-refractivity contribution >= 4 is 17.5 Å². The standard InChI is InChI=1S/C22H27NO4/c1-6-27-21-13-15(7-9-19(21)23)22(24)18(14(2)3)12-16-11-17(25-4)8-10-20(16)26-5/h7-14H,6,23H2,1-5H3/b18-12+. The van der Waals surface area contributed by atoms with E-state index in [1.165, 1.54) is 0 Å². The summed E-state index contributed by atoms with van der Waals surface area (Å²) in [6.45, 7) is 6.33. The molecule has 144 valence electrons. The maximum absolute atomic E-state index is 13.2. The smallest absolute Gasteiger partial charge is 0.189 e. The van der Waals surface area contributed by atoms with Gasteiger partial charge in [0.2, 0.25) is 0 Å². The lowest BCUT2D eigenvalue weighted by atomic mass is 9.92. The van der Waals surface area contributed by atoms with E-state index in [9.17, 15) is 4.79 Å². The van der Waals surface area contributed by atoms with Gasteiger partial charge in [0.15, 0.2) is 5.78 Å². The van der Waals surface area contributed by atoms with Gasteiger partial charge in [0.25, 0.3) is 0 Å². The number of hydrogen-bond donors (Lipinski definition) is 1. The molecular formula is C22H27NO4. The maximum atomic E-state index is 13.2. The minimum absolute atomic E-state index is 0.0153. The number of carbonyl (C=O) groups is 1. The summed E-state index contributed by atoms with van der Waals surface area (Å²) in [7, 11) is 3.21. The second-order valence-electron chi connectivity index (χ2n) is 6.38. The Labute approximate surface area is 160 Å². The van der Waals surface area contributed by atoms with Gasteiger partial charge in [0.1, 0.15) is 17.2 Å². The Balaban J connectivity index is 2.50. The quantitative estimate of drug-likeness (QED) is 0.418. The van der Waals surface area contributed by atoms with Crippen LogP contribution < -0.4 is 19.9 Å². The van der Waals surface area contributed by atoms with Gasteiger partial charge in [0.05, 0.1) is 26.5 Å². The van der Waals surface area contributed by atoms with Crippen LogP contribution >= 0.6 is 0 Å². The third-order valence-electron chi connectivity index (χ3n) is 4.21. The number of hydrogen-bond acceptors (Lipinski definition) is 5. The predicted octanol–water partition coefficient (Wildman–Crippen LogP) is 4.61. The van der Waals surface area contributed by atoms with Gasteiger partial charge in [-0.3, -0.25) is 4.79 Å². The number of benzene rings is 2. The predicted molar refractivity (Wildman–Crippen MR) is 109 cm³/mol. The van der Waals surface area contributed by atoms with Crippen LogP contribution in [0.2, 0.25) is 0 Å². The van der Waals surface area contributed by atoms with Gasteiger partial charge in [-0.1, -0.05) is 13.8 Å². The van der Waals surface area contributed by atoms with Crippen molar-refractivity contribution in [3.05, 3.63) is 53.1 Å². The number of nitrogen functional groups attached to an aromatic ring is 1. The van der Waals surface area contributed by atoms with Crippen molar-refractivity contribution in [2.45, 2.75) is 20.8 Å². The van der Waals surface area contributed by atoms with E-state index >= 15 is 0 Å². The van der Waals surface area contributed by atoms with Crippen LogP contribution in [0.5, 0.6) is 17.2 Å². The molecule has 2 aromatic carbocycles. The average molecular weight is 369 g/mol. The summed E-state index contributed by atoms with van der Waals surface area (Å²) < 4.78 is 16.2. The molecule has 2 N–H and O–H groups in total. The Bertz CT molecular complexity index is 840. The summed E-state index contributed by atoms with van der Waals surface area (Å²) in [5.41, 5.74) is 8.42. The molecule has 0 atom stereocenters. The molecular weight excluding hydrogens is 342 g/mol. The van der Waals surface area contributed by atoms with Gasteiger partial charge in [-0.15, -0.1) is 0 Å². The maximum Gasteiger partial charge on any atom is 0.189 e. The molecule has 0 spiro atoms. The molecule has 0 amide bonds. The molecule has 0 unspecified atom stereocenters. The van der Waals surface area contributed by atoms with Crippen molar-refractivity contribution in [1.29, 1.82) is 0 Å². The van der Waals surface area contributed by atoms with Crippen molar-refractivity contribution < 1.29 is 19.0 Å². The van der Waals surface area contributed by atoms with Crippen LogP contribution in [-0.2, 0) is 0 Å². The molecule has 5 nitrogen and oxygen atoms in total. The third kappa shape index (κ3) is 4.82. The minimum atomic E-state index is -0.0733. The van der Waals surface area contributed by atoms with Gasteiger partial charge < -0.3 is 19.9 Å². The fourth-order valence-electron chi connectivity index (χ4n) is 2.74. The summed E-state index contributed by atoms with van der Waals surface area (Å²) in [5, 5.41) is 0. The van der Waals surface area contributed by atoms with Crippen LogP contribution in [0.15, 0.2) is 42.0 Å². The SMILES string of the molecule is CCOc1cc(C(=O)/C(=C/c2cc(OC)ccc2OC)C(C)C)ccc1N. The van der Waals surface area contributed by atoms with Crippen LogP contribution in [0.1, 0.15) is 36.7 Å². The van der Waals surface area contributed by atoms with E-state index in [2.05, 4.69) is 0 Å². The van der Waals surface area contributed by atoms with Gasteiger partial charge in [-0.05, 0) is 55.3 Å². The lowest BCUT2D eigenvalue weighted by Crippen LogP contribution is -2.10. The highest BCUT2D eigenvalue weighted by atomic mass is 16.5. The van der Waals surface area contributed by atoms with Gasteiger partial charge in [-0.2, -0.15) is 0 Å². The highest BCUT2D eigenvalue weighted by molar-refractivity contribution is 6.12. The van der Waals surface area contributed by atoms with Gasteiger partial charge >= 0.3 is 0 Å². The second kappa shape index (κ2) is 9.12. The molecule has 0 heterocycles. The number of anilines is 1. The summed E-state index contributed by atoms with van der Waals surface area (Å²) in [4.78, 5) is 13.2. The molecule has 0 radical (unpaired) electrons. The molecule has 0 aromatic heterocycles. The normalized spacial score (nSPS) is 11.4. The molecule has 0 bridgehead atoms. The summed E-state index contributed by atoms with van der Waals surface area (Å²) in [6.07, 6.45) is 1.85. The van der Waals surface area contributed by atoms with E-state index < -0.39 is 0 Å². The molecule has 0 aliphatic heterocycles. The zero-order valence-electron chi connectivity index (χ0n) is 16.5. The summed E-state index contributed by atoms with van der Waals surface area (Å²) in [5.74, 6) is 1.83. The van der Waals surface area contributed by atoms with Crippen molar-refractivity contribution in [1.82, 2.24) is 0 Å². The molecule has 0 saturated heterocycles. The summed E-state index contributed by atoms with van der Waals surface area (Å²) >= 11 is 0. The average Bonchev–Trinajstić information content (AvgIpc) is 2.67. The molecule has 2 aromatic rings. The van der Waals surface area contributed by atoms with E-state index in [-0.39, 0.29) is 11.7 Å². The fraction of sp³-hybridized carbons (Fsp3) is 0.318. The zero-order chi connectivity index (χ0) is 20.0. The van der Waals surface area contributed by atoms with E-state index in [0.29, 0.717) is 40.7 Å². The largest absolute Gasteiger partial charge is 0.497 e. The molecule has 0 fully saturated rings. The first-order valence-electron chi connectivity index (χ1n) is 8.91.